The van der Waals surface area contributed by atoms with Gasteiger partial charge < -0.3 is 4.42 Å². The van der Waals surface area contributed by atoms with E-state index >= 15 is 0 Å². The van der Waals surface area contributed by atoms with Gasteiger partial charge in [-0.2, -0.15) is 5.26 Å². The highest BCUT2D eigenvalue weighted by Crippen LogP contribution is 2.29. The highest BCUT2D eigenvalue weighted by atomic mass is 79.9. The van der Waals surface area contributed by atoms with E-state index in [2.05, 4.69) is 27.0 Å². The number of halogens is 1. The third-order valence-corrected chi connectivity index (χ3v) is 2.92. The summed E-state index contributed by atoms with van der Waals surface area (Å²) in [7, 11) is 0. The predicted molar refractivity (Wildman–Crippen MR) is 63.7 cm³/mol. The van der Waals surface area contributed by atoms with Crippen molar-refractivity contribution in [3.05, 3.63) is 40.8 Å². The van der Waals surface area contributed by atoms with Gasteiger partial charge in [-0.1, -0.05) is 34.1 Å². The molecule has 1 aromatic heterocycles. The van der Waals surface area contributed by atoms with Crippen molar-refractivity contribution in [2.45, 2.75) is 12.8 Å². The van der Waals surface area contributed by atoms with Crippen molar-refractivity contribution in [3.63, 3.8) is 0 Å². The topological polar surface area (TPSA) is 49.8 Å². The summed E-state index contributed by atoms with van der Waals surface area (Å²) in [6, 6.07) is 9.82. The summed E-state index contributed by atoms with van der Waals surface area (Å²) in [5.74, 6) is 0.800. The fraction of sp³-hybridized carbons (Fsp3) is 0.167. The first-order chi connectivity index (χ1) is 7.72. The molecular formula is C12H9BrN2O. The predicted octanol–water partition coefficient (Wildman–Crippen LogP) is 3.73. The van der Waals surface area contributed by atoms with Gasteiger partial charge in [0.05, 0.1) is 12.3 Å². The molecule has 0 radical (unpaired) electrons. The zero-order valence-electron chi connectivity index (χ0n) is 8.64. The highest BCUT2D eigenvalue weighted by molar-refractivity contribution is 9.10. The number of rotatable bonds is 2. The molecule has 0 amide bonds. The van der Waals surface area contributed by atoms with E-state index in [0.29, 0.717) is 11.7 Å². The van der Waals surface area contributed by atoms with E-state index in [9.17, 15) is 0 Å². The minimum Gasteiger partial charge on any atom is -0.439 e. The Morgan fingerprint density at radius 3 is 2.88 bits per heavy atom. The number of benzene rings is 1. The lowest BCUT2D eigenvalue weighted by Gasteiger charge is -1.99. The Balaban J connectivity index is 2.40. The average Bonchev–Trinajstić information content (AvgIpc) is 2.78. The number of hydrogen-bond acceptors (Lipinski definition) is 3. The zero-order chi connectivity index (χ0) is 11.5. The van der Waals surface area contributed by atoms with E-state index in [1.54, 1.807) is 13.1 Å². The minimum atomic E-state index is -0.323. The van der Waals surface area contributed by atoms with Gasteiger partial charge in [0.25, 0.3) is 0 Å². The molecule has 0 saturated heterocycles. The van der Waals surface area contributed by atoms with Crippen LogP contribution in [-0.4, -0.2) is 4.98 Å². The van der Waals surface area contributed by atoms with Crippen molar-refractivity contribution < 1.29 is 4.42 Å². The molecule has 2 rings (SSSR count). The Labute approximate surface area is 102 Å². The molecule has 80 valence electrons. The van der Waals surface area contributed by atoms with Crippen molar-refractivity contribution >= 4 is 15.9 Å². The smallest absolute Gasteiger partial charge is 0.211 e. The monoisotopic (exact) mass is 276 g/mol. The van der Waals surface area contributed by atoms with Crippen LogP contribution in [0, 0.1) is 11.3 Å². The standard InChI is InChI=1S/C12H9BrN2O/c1-8(6-14)12-15-7-11(16-12)9-4-2-3-5-10(9)13/h2-5,7-8H,1H3. The van der Waals surface area contributed by atoms with Crippen LogP contribution in [0.1, 0.15) is 18.7 Å². The molecule has 0 aliphatic carbocycles. The number of hydrogen-bond donors (Lipinski definition) is 0. The number of nitriles is 1. The lowest BCUT2D eigenvalue weighted by atomic mass is 10.2. The Kier molecular flexibility index (Phi) is 3.07. The summed E-state index contributed by atoms with van der Waals surface area (Å²) in [6.07, 6.45) is 1.64. The van der Waals surface area contributed by atoms with E-state index in [1.165, 1.54) is 0 Å². The summed E-state index contributed by atoms with van der Waals surface area (Å²) in [4.78, 5) is 4.09. The quantitative estimate of drug-likeness (QED) is 0.840. The molecule has 0 spiro atoms. The molecule has 0 bridgehead atoms. The van der Waals surface area contributed by atoms with Gasteiger partial charge in [-0.25, -0.2) is 4.98 Å². The van der Waals surface area contributed by atoms with Gasteiger partial charge >= 0.3 is 0 Å². The van der Waals surface area contributed by atoms with Crippen LogP contribution in [0.3, 0.4) is 0 Å². The number of aromatic nitrogens is 1. The Bertz CT molecular complexity index is 542. The van der Waals surface area contributed by atoms with Crippen LogP contribution in [0.25, 0.3) is 11.3 Å². The van der Waals surface area contributed by atoms with Crippen molar-refractivity contribution in [2.75, 3.05) is 0 Å². The summed E-state index contributed by atoms with van der Waals surface area (Å²) < 4.78 is 6.49. The van der Waals surface area contributed by atoms with E-state index in [1.807, 2.05) is 24.3 Å². The third-order valence-electron chi connectivity index (χ3n) is 2.23. The van der Waals surface area contributed by atoms with Crippen LogP contribution in [-0.2, 0) is 0 Å². The Morgan fingerprint density at radius 1 is 1.44 bits per heavy atom. The molecule has 1 aromatic carbocycles. The summed E-state index contributed by atoms with van der Waals surface area (Å²) >= 11 is 3.44. The molecule has 1 atom stereocenters. The zero-order valence-corrected chi connectivity index (χ0v) is 10.2. The van der Waals surface area contributed by atoms with Gasteiger partial charge in [0.15, 0.2) is 5.76 Å². The largest absolute Gasteiger partial charge is 0.439 e. The first-order valence-corrected chi connectivity index (χ1v) is 5.62. The lowest BCUT2D eigenvalue weighted by molar-refractivity contribution is 0.498. The highest BCUT2D eigenvalue weighted by Gasteiger charge is 2.13. The molecule has 0 aliphatic rings. The third kappa shape index (κ3) is 2.00. The fourth-order valence-electron chi connectivity index (χ4n) is 1.33. The Morgan fingerprint density at radius 2 is 2.19 bits per heavy atom. The normalized spacial score (nSPS) is 12.1. The summed E-state index contributed by atoms with van der Waals surface area (Å²) in [5, 5.41) is 8.76. The molecule has 0 saturated carbocycles. The van der Waals surface area contributed by atoms with Gasteiger partial charge in [-0.3, -0.25) is 0 Å². The Hall–Kier alpha value is -1.60. The molecule has 2 aromatic rings. The van der Waals surface area contributed by atoms with Gasteiger partial charge in [0, 0.05) is 10.0 Å². The molecule has 0 aliphatic heterocycles. The maximum absolute atomic E-state index is 8.76. The van der Waals surface area contributed by atoms with Crippen LogP contribution in [0.4, 0.5) is 0 Å². The summed E-state index contributed by atoms with van der Waals surface area (Å²) in [6.45, 7) is 1.76. The molecule has 0 N–H and O–H groups in total. The van der Waals surface area contributed by atoms with E-state index < -0.39 is 0 Å². The molecular weight excluding hydrogens is 268 g/mol. The van der Waals surface area contributed by atoms with E-state index in [-0.39, 0.29) is 5.92 Å². The van der Waals surface area contributed by atoms with Crippen LogP contribution in [0.15, 0.2) is 39.4 Å². The molecule has 3 nitrogen and oxygen atoms in total. The lowest BCUT2D eigenvalue weighted by Crippen LogP contribution is -1.87. The van der Waals surface area contributed by atoms with E-state index in [4.69, 9.17) is 9.68 Å². The van der Waals surface area contributed by atoms with Gasteiger partial charge in [0.2, 0.25) is 5.89 Å². The number of nitrogens with zero attached hydrogens (tertiary/aromatic N) is 2. The van der Waals surface area contributed by atoms with Crippen LogP contribution in [0.2, 0.25) is 0 Å². The second-order valence-electron chi connectivity index (χ2n) is 3.39. The fourth-order valence-corrected chi connectivity index (χ4v) is 1.81. The molecule has 0 fully saturated rings. The second-order valence-corrected chi connectivity index (χ2v) is 4.25. The molecule has 4 heteroatoms. The van der Waals surface area contributed by atoms with Crippen LogP contribution < -0.4 is 0 Å². The maximum Gasteiger partial charge on any atom is 0.211 e. The van der Waals surface area contributed by atoms with Crippen molar-refractivity contribution in [3.8, 4) is 17.4 Å². The van der Waals surface area contributed by atoms with Crippen LogP contribution in [0.5, 0.6) is 0 Å². The number of oxazole rings is 1. The van der Waals surface area contributed by atoms with Crippen molar-refractivity contribution in [1.29, 1.82) is 5.26 Å². The van der Waals surface area contributed by atoms with E-state index in [0.717, 1.165) is 10.0 Å². The molecule has 16 heavy (non-hydrogen) atoms. The second kappa shape index (κ2) is 4.50. The van der Waals surface area contributed by atoms with Gasteiger partial charge in [0.1, 0.15) is 5.92 Å². The first-order valence-electron chi connectivity index (χ1n) is 4.82. The van der Waals surface area contributed by atoms with Gasteiger partial charge in [-0.15, -0.1) is 0 Å². The van der Waals surface area contributed by atoms with Crippen molar-refractivity contribution in [1.82, 2.24) is 4.98 Å². The average molecular weight is 277 g/mol. The SMILES string of the molecule is CC(C#N)c1ncc(-c2ccccc2Br)o1. The minimum absolute atomic E-state index is 0.323. The van der Waals surface area contributed by atoms with Crippen molar-refractivity contribution in [2.24, 2.45) is 0 Å². The molecule has 1 heterocycles. The first kappa shape index (κ1) is 10.9. The van der Waals surface area contributed by atoms with Gasteiger partial charge in [-0.05, 0) is 13.0 Å². The summed E-state index contributed by atoms with van der Waals surface area (Å²) in [5.41, 5.74) is 0.936. The molecule has 1 unspecified atom stereocenters. The van der Waals surface area contributed by atoms with Crippen LogP contribution >= 0.6 is 15.9 Å². The maximum atomic E-state index is 8.76.